The van der Waals surface area contributed by atoms with E-state index in [1.807, 2.05) is 31.2 Å². The van der Waals surface area contributed by atoms with Crippen LogP contribution in [0.2, 0.25) is 0 Å². The summed E-state index contributed by atoms with van der Waals surface area (Å²) in [4.78, 5) is 11.3. The van der Waals surface area contributed by atoms with Gasteiger partial charge in [-0.3, -0.25) is 4.79 Å². The van der Waals surface area contributed by atoms with Crippen LogP contribution in [0.5, 0.6) is 5.75 Å². The van der Waals surface area contributed by atoms with Crippen molar-refractivity contribution >= 4 is 11.6 Å². The zero-order valence-electron chi connectivity index (χ0n) is 13.7. The van der Waals surface area contributed by atoms with Crippen LogP contribution in [-0.4, -0.2) is 31.3 Å². The Bertz CT molecular complexity index is 562. The summed E-state index contributed by atoms with van der Waals surface area (Å²) in [6.07, 6.45) is 4.13. The fraction of sp³-hybridized carbons (Fsp3) is 0.556. The van der Waals surface area contributed by atoms with Crippen molar-refractivity contribution in [1.29, 1.82) is 0 Å². The van der Waals surface area contributed by atoms with Gasteiger partial charge < -0.3 is 10.1 Å². The van der Waals surface area contributed by atoms with Gasteiger partial charge in [-0.25, -0.2) is 5.43 Å². The lowest BCUT2D eigenvalue weighted by atomic mass is 9.94. The first-order valence-corrected chi connectivity index (χ1v) is 8.53. The van der Waals surface area contributed by atoms with Crippen molar-refractivity contribution in [3.8, 4) is 5.75 Å². The van der Waals surface area contributed by atoms with Gasteiger partial charge in [0.15, 0.2) is 0 Å². The van der Waals surface area contributed by atoms with Crippen LogP contribution in [0.15, 0.2) is 29.4 Å². The van der Waals surface area contributed by atoms with Gasteiger partial charge in [0.25, 0.3) is 0 Å². The molecule has 5 nitrogen and oxygen atoms in total. The van der Waals surface area contributed by atoms with Crippen LogP contribution in [0, 0.1) is 11.8 Å². The molecule has 124 valence electrons. The van der Waals surface area contributed by atoms with Crippen molar-refractivity contribution in [2.24, 2.45) is 16.9 Å². The van der Waals surface area contributed by atoms with Crippen LogP contribution in [-0.2, 0) is 4.79 Å². The van der Waals surface area contributed by atoms with Gasteiger partial charge >= 0.3 is 0 Å². The minimum Gasteiger partial charge on any atom is -0.494 e. The summed E-state index contributed by atoms with van der Waals surface area (Å²) < 4.78 is 5.82. The summed E-state index contributed by atoms with van der Waals surface area (Å²) in [5.74, 6) is 1.85. The van der Waals surface area contributed by atoms with Crippen LogP contribution in [0.3, 0.4) is 0 Å². The van der Waals surface area contributed by atoms with Crippen molar-refractivity contribution < 1.29 is 9.53 Å². The molecule has 2 N–H and O–H groups in total. The van der Waals surface area contributed by atoms with E-state index in [9.17, 15) is 4.79 Å². The van der Waals surface area contributed by atoms with Crippen LogP contribution >= 0.6 is 0 Å². The molecule has 3 rings (SSSR count). The molecule has 1 aromatic carbocycles. The molecule has 1 aromatic rings. The van der Waals surface area contributed by atoms with Crippen molar-refractivity contribution in [3.63, 3.8) is 0 Å². The Morgan fingerprint density at radius 1 is 1.30 bits per heavy atom. The van der Waals surface area contributed by atoms with E-state index < -0.39 is 0 Å². The maximum absolute atomic E-state index is 11.3. The topological polar surface area (TPSA) is 62.7 Å². The van der Waals surface area contributed by atoms with Crippen LogP contribution in [0.4, 0.5) is 0 Å². The number of carbonyl (C=O) groups is 1. The summed E-state index contributed by atoms with van der Waals surface area (Å²) in [5, 5.41) is 7.58. The summed E-state index contributed by atoms with van der Waals surface area (Å²) in [7, 11) is 0. The Balaban J connectivity index is 1.48. The highest BCUT2D eigenvalue weighted by molar-refractivity contribution is 6.05. The van der Waals surface area contributed by atoms with E-state index in [-0.39, 0.29) is 11.8 Å². The molecule has 0 aliphatic carbocycles. The first-order valence-electron chi connectivity index (χ1n) is 8.53. The number of benzene rings is 1. The maximum Gasteiger partial charge on any atom is 0.240 e. The monoisotopic (exact) mass is 315 g/mol. The van der Waals surface area contributed by atoms with E-state index >= 15 is 0 Å². The van der Waals surface area contributed by atoms with Gasteiger partial charge in [-0.2, -0.15) is 5.10 Å². The minimum absolute atomic E-state index is 0.0151. The average Bonchev–Trinajstić information content (AvgIpc) is 3.06. The molecule has 0 saturated carbocycles. The second-order valence-corrected chi connectivity index (χ2v) is 6.51. The number of nitrogens with zero attached hydrogens (tertiary/aromatic N) is 1. The zero-order chi connectivity index (χ0) is 16.1. The Kier molecular flexibility index (Phi) is 5.28. The molecule has 2 heterocycles. The normalized spacial score (nSPS) is 24.2. The molecule has 0 bridgehead atoms. The van der Waals surface area contributed by atoms with E-state index in [0.717, 1.165) is 49.1 Å². The number of hydrogen-bond donors (Lipinski definition) is 2. The standard InChI is InChI=1S/C18H25N3O2/c1-13-11-17(22)20-21-18(13)15-4-6-16(7-5-15)23-10-2-3-14-8-9-19-12-14/h4-7,13-14,19H,2-3,8-12H2,1H3,(H,20,22). The van der Waals surface area contributed by atoms with Gasteiger partial charge in [-0.15, -0.1) is 0 Å². The Morgan fingerprint density at radius 2 is 2.13 bits per heavy atom. The lowest BCUT2D eigenvalue weighted by Crippen LogP contribution is -2.31. The predicted octanol–water partition coefficient (Wildman–Crippen LogP) is 2.32. The SMILES string of the molecule is CC1CC(=O)NN=C1c1ccc(OCCCC2CCNC2)cc1. The molecular weight excluding hydrogens is 290 g/mol. The molecule has 0 radical (unpaired) electrons. The van der Waals surface area contributed by atoms with Crippen molar-refractivity contribution in [3.05, 3.63) is 29.8 Å². The van der Waals surface area contributed by atoms with Crippen LogP contribution < -0.4 is 15.5 Å². The van der Waals surface area contributed by atoms with Gasteiger partial charge in [0.2, 0.25) is 5.91 Å². The number of ether oxygens (including phenoxy) is 1. The molecule has 0 aromatic heterocycles. The third-order valence-corrected chi connectivity index (χ3v) is 4.60. The van der Waals surface area contributed by atoms with Gasteiger partial charge in [0, 0.05) is 12.3 Å². The fourth-order valence-corrected chi connectivity index (χ4v) is 3.25. The fourth-order valence-electron chi connectivity index (χ4n) is 3.25. The minimum atomic E-state index is -0.0151. The number of hydrazone groups is 1. The Morgan fingerprint density at radius 3 is 2.83 bits per heavy atom. The van der Waals surface area contributed by atoms with E-state index in [4.69, 9.17) is 4.74 Å². The van der Waals surface area contributed by atoms with Crippen molar-refractivity contribution in [2.45, 2.75) is 32.6 Å². The molecule has 2 unspecified atom stereocenters. The number of hydrogen-bond acceptors (Lipinski definition) is 4. The molecule has 1 amide bonds. The summed E-state index contributed by atoms with van der Waals surface area (Å²) in [6, 6.07) is 8.00. The van der Waals surface area contributed by atoms with Crippen LogP contribution in [0.1, 0.15) is 38.2 Å². The predicted molar refractivity (Wildman–Crippen MR) is 90.6 cm³/mol. The first-order chi connectivity index (χ1) is 11.2. The second kappa shape index (κ2) is 7.59. The van der Waals surface area contributed by atoms with Crippen molar-refractivity contribution in [1.82, 2.24) is 10.7 Å². The Labute approximate surface area is 137 Å². The summed E-state index contributed by atoms with van der Waals surface area (Å²) in [5.41, 5.74) is 4.54. The molecular formula is C18H25N3O2. The van der Waals surface area contributed by atoms with Gasteiger partial charge in [-0.05, 0) is 68.1 Å². The number of amides is 1. The molecule has 2 atom stereocenters. The molecule has 1 fully saturated rings. The van der Waals surface area contributed by atoms with E-state index in [1.54, 1.807) is 0 Å². The summed E-state index contributed by atoms with van der Waals surface area (Å²) in [6.45, 7) is 5.12. The molecule has 5 heteroatoms. The third-order valence-electron chi connectivity index (χ3n) is 4.60. The molecule has 2 aliphatic rings. The summed E-state index contributed by atoms with van der Waals surface area (Å²) >= 11 is 0. The number of carbonyl (C=O) groups excluding carboxylic acids is 1. The smallest absolute Gasteiger partial charge is 0.240 e. The quantitative estimate of drug-likeness (QED) is 0.792. The first kappa shape index (κ1) is 16.0. The largest absolute Gasteiger partial charge is 0.494 e. The van der Waals surface area contributed by atoms with E-state index in [2.05, 4.69) is 15.8 Å². The molecule has 0 spiro atoms. The second-order valence-electron chi connectivity index (χ2n) is 6.51. The number of nitrogens with one attached hydrogen (secondary N) is 2. The Hall–Kier alpha value is -1.88. The number of rotatable bonds is 6. The van der Waals surface area contributed by atoms with Gasteiger partial charge in [0.05, 0.1) is 12.3 Å². The molecule has 23 heavy (non-hydrogen) atoms. The van der Waals surface area contributed by atoms with Gasteiger partial charge in [-0.1, -0.05) is 6.92 Å². The van der Waals surface area contributed by atoms with Gasteiger partial charge in [0.1, 0.15) is 5.75 Å². The third kappa shape index (κ3) is 4.32. The zero-order valence-corrected chi connectivity index (χ0v) is 13.7. The highest BCUT2D eigenvalue weighted by atomic mass is 16.5. The molecule has 1 saturated heterocycles. The van der Waals surface area contributed by atoms with Crippen molar-refractivity contribution in [2.75, 3.05) is 19.7 Å². The average molecular weight is 315 g/mol. The lowest BCUT2D eigenvalue weighted by molar-refractivity contribution is -0.121. The van der Waals surface area contributed by atoms with E-state index in [1.165, 1.54) is 12.8 Å². The highest BCUT2D eigenvalue weighted by Crippen LogP contribution is 2.20. The van der Waals surface area contributed by atoms with E-state index in [0.29, 0.717) is 6.42 Å². The lowest BCUT2D eigenvalue weighted by Gasteiger charge is -2.19. The highest BCUT2D eigenvalue weighted by Gasteiger charge is 2.21. The van der Waals surface area contributed by atoms with Crippen LogP contribution in [0.25, 0.3) is 0 Å². The maximum atomic E-state index is 11.3. The molecule has 2 aliphatic heterocycles.